The van der Waals surface area contributed by atoms with Crippen molar-refractivity contribution in [2.75, 3.05) is 25.0 Å². The second kappa shape index (κ2) is 5.34. The van der Waals surface area contributed by atoms with Gasteiger partial charge in [-0.3, -0.25) is 9.20 Å². The van der Waals surface area contributed by atoms with Crippen molar-refractivity contribution in [2.24, 2.45) is 0 Å². The van der Waals surface area contributed by atoms with Crippen LogP contribution in [0.15, 0.2) is 23.1 Å². The molecule has 2 aromatic rings. The van der Waals surface area contributed by atoms with E-state index in [1.54, 1.807) is 6.07 Å². The van der Waals surface area contributed by atoms with Crippen LogP contribution in [0, 0.1) is 12.7 Å². The third-order valence-electron chi connectivity index (χ3n) is 5.27. The van der Waals surface area contributed by atoms with Gasteiger partial charge in [0.25, 0.3) is 5.56 Å². The number of hydrogen-bond donors (Lipinski definition) is 1. The van der Waals surface area contributed by atoms with E-state index in [0.717, 1.165) is 43.4 Å². The van der Waals surface area contributed by atoms with Crippen LogP contribution in [0.2, 0.25) is 0 Å². The van der Waals surface area contributed by atoms with E-state index in [0.29, 0.717) is 17.6 Å². The molecule has 1 saturated heterocycles. The molecule has 122 valence electrons. The van der Waals surface area contributed by atoms with Gasteiger partial charge in [0.15, 0.2) is 5.82 Å². The van der Waals surface area contributed by atoms with E-state index < -0.39 is 0 Å². The maximum Gasteiger partial charge on any atom is 0.255 e. The zero-order valence-electron chi connectivity index (χ0n) is 13.6. The summed E-state index contributed by atoms with van der Waals surface area (Å²) in [7, 11) is 1.95. The number of likely N-dealkylation sites (N-methyl/N-ethyl adjacent to an activating group) is 1. The van der Waals surface area contributed by atoms with Crippen LogP contribution in [0.1, 0.15) is 36.3 Å². The second-order valence-corrected chi connectivity index (χ2v) is 6.79. The fourth-order valence-corrected chi connectivity index (χ4v) is 3.87. The standard InChI is InChI=1S/C18H22FN3O/c1-11-17-14(12-3-4-12)5-6-16(23)22(17)10-15(19)18(11)21-8-7-13(9-21)20-2/h5-6,10,12-13,20H,3-4,7-9H2,1-2H3/t13-/m0/s1. The number of aromatic nitrogens is 1. The molecule has 0 aromatic carbocycles. The van der Waals surface area contributed by atoms with Crippen molar-refractivity contribution >= 4 is 11.2 Å². The zero-order chi connectivity index (χ0) is 16.1. The fourth-order valence-electron chi connectivity index (χ4n) is 3.87. The van der Waals surface area contributed by atoms with Gasteiger partial charge >= 0.3 is 0 Å². The summed E-state index contributed by atoms with van der Waals surface area (Å²) in [6.45, 7) is 3.60. The summed E-state index contributed by atoms with van der Waals surface area (Å²) in [5.74, 6) is 0.216. The first-order valence-corrected chi connectivity index (χ1v) is 8.36. The van der Waals surface area contributed by atoms with Crippen LogP contribution in [-0.4, -0.2) is 30.6 Å². The topological polar surface area (TPSA) is 36.8 Å². The van der Waals surface area contributed by atoms with Crippen molar-refractivity contribution < 1.29 is 4.39 Å². The Hall–Kier alpha value is -1.88. The molecule has 2 aromatic heterocycles. The third kappa shape index (κ3) is 2.34. The molecule has 4 rings (SSSR count). The highest BCUT2D eigenvalue weighted by atomic mass is 19.1. The summed E-state index contributed by atoms with van der Waals surface area (Å²) >= 11 is 0. The first-order chi connectivity index (χ1) is 11.1. The molecule has 0 spiro atoms. The lowest BCUT2D eigenvalue weighted by Gasteiger charge is -2.24. The van der Waals surface area contributed by atoms with Crippen molar-refractivity contribution in [2.45, 2.75) is 38.1 Å². The summed E-state index contributed by atoms with van der Waals surface area (Å²) in [5, 5.41) is 3.27. The number of pyridine rings is 2. The first kappa shape index (κ1) is 14.7. The summed E-state index contributed by atoms with van der Waals surface area (Å²) < 4.78 is 16.3. The fraction of sp³-hybridized carbons (Fsp3) is 0.500. The van der Waals surface area contributed by atoms with Gasteiger partial charge in [0.05, 0.1) is 17.4 Å². The van der Waals surface area contributed by atoms with E-state index in [-0.39, 0.29) is 11.4 Å². The molecule has 2 fully saturated rings. The van der Waals surface area contributed by atoms with Crippen molar-refractivity contribution in [1.29, 1.82) is 0 Å². The van der Waals surface area contributed by atoms with Crippen LogP contribution >= 0.6 is 0 Å². The summed E-state index contributed by atoms with van der Waals surface area (Å²) in [4.78, 5) is 14.3. The highest BCUT2D eigenvalue weighted by Crippen LogP contribution is 2.43. The van der Waals surface area contributed by atoms with E-state index in [2.05, 4.69) is 10.2 Å². The second-order valence-electron chi connectivity index (χ2n) is 6.79. The predicted molar refractivity (Wildman–Crippen MR) is 90.0 cm³/mol. The van der Waals surface area contributed by atoms with E-state index >= 15 is 0 Å². The number of rotatable bonds is 3. The van der Waals surface area contributed by atoms with Crippen LogP contribution < -0.4 is 15.8 Å². The Balaban J connectivity index is 1.92. The van der Waals surface area contributed by atoms with Gasteiger partial charge in [-0.25, -0.2) is 4.39 Å². The minimum atomic E-state index is -0.304. The predicted octanol–water partition coefficient (Wildman–Crippen LogP) is 2.42. The normalized spacial score (nSPS) is 21.3. The Bertz CT molecular complexity index is 825. The van der Waals surface area contributed by atoms with Crippen LogP contribution in [0.4, 0.5) is 10.1 Å². The van der Waals surface area contributed by atoms with Gasteiger partial charge in [-0.15, -0.1) is 0 Å². The van der Waals surface area contributed by atoms with Gasteiger partial charge in [-0.2, -0.15) is 0 Å². The zero-order valence-corrected chi connectivity index (χ0v) is 13.6. The number of anilines is 1. The molecule has 23 heavy (non-hydrogen) atoms. The molecule has 1 N–H and O–H groups in total. The van der Waals surface area contributed by atoms with Crippen LogP contribution in [-0.2, 0) is 0 Å². The maximum atomic E-state index is 14.8. The average Bonchev–Trinajstić information content (AvgIpc) is 3.27. The number of nitrogens with one attached hydrogen (secondary N) is 1. The Morgan fingerprint density at radius 2 is 2.04 bits per heavy atom. The quantitative estimate of drug-likeness (QED) is 0.945. The molecule has 1 aliphatic heterocycles. The molecular formula is C18H22FN3O. The highest BCUT2D eigenvalue weighted by molar-refractivity contribution is 5.73. The first-order valence-electron chi connectivity index (χ1n) is 8.36. The van der Waals surface area contributed by atoms with Gasteiger partial charge < -0.3 is 10.2 Å². The Morgan fingerprint density at radius 3 is 2.70 bits per heavy atom. The van der Waals surface area contributed by atoms with Crippen LogP contribution in [0.5, 0.6) is 0 Å². The molecule has 1 saturated carbocycles. The Morgan fingerprint density at radius 1 is 1.26 bits per heavy atom. The van der Waals surface area contributed by atoms with Gasteiger partial charge in [-0.1, -0.05) is 6.07 Å². The Labute approximate surface area is 134 Å². The molecule has 5 heteroatoms. The van der Waals surface area contributed by atoms with E-state index in [1.807, 2.05) is 20.0 Å². The summed E-state index contributed by atoms with van der Waals surface area (Å²) in [6.07, 6.45) is 4.70. The number of fused-ring (bicyclic) bond motifs is 1. The lowest BCUT2D eigenvalue weighted by molar-refractivity contribution is 0.603. The lowest BCUT2D eigenvalue weighted by Crippen LogP contribution is -2.30. The monoisotopic (exact) mass is 315 g/mol. The van der Waals surface area contributed by atoms with Crippen molar-refractivity contribution in [3.05, 3.63) is 45.6 Å². The summed E-state index contributed by atoms with van der Waals surface area (Å²) in [6, 6.07) is 3.89. The molecule has 1 atom stereocenters. The van der Waals surface area contributed by atoms with Gasteiger partial charge in [-0.05, 0) is 50.3 Å². The van der Waals surface area contributed by atoms with Crippen LogP contribution in [0.3, 0.4) is 0 Å². The van der Waals surface area contributed by atoms with Crippen molar-refractivity contribution in [1.82, 2.24) is 9.72 Å². The van der Waals surface area contributed by atoms with E-state index in [9.17, 15) is 9.18 Å². The smallest absolute Gasteiger partial charge is 0.255 e. The number of nitrogens with zero attached hydrogens (tertiary/aromatic N) is 2. The highest BCUT2D eigenvalue weighted by Gasteiger charge is 2.30. The Kier molecular flexibility index (Phi) is 3.41. The van der Waals surface area contributed by atoms with Crippen LogP contribution in [0.25, 0.3) is 5.52 Å². The van der Waals surface area contributed by atoms with E-state index in [1.165, 1.54) is 16.2 Å². The van der Waals surface area contributed by atoms with Crippen molar-refractivity contribution in [3.63, 3.8) is 0 Å². The molecule has 0 bridgehead atoms. The minimum absolute atomic E-state index is 0.160. The third-order valence-corrected chi connectivity index (χ3v) is 5.27. The number of halogens is 1. The van der Waals surface area contributed by atoms with Crippen molar-refractivity contribution in [3.8, 4) is 0 Å². The molecule has 3 heterocycles. The molecule has 2 aliphatic rings. The van der Waals surface area contributed by atoms with Gasteiger partial charge in [0.2, 0.25) is 0 Å². The number of aryl methyl sites for hydroxylation is 1. The SMILES string of the molecule is CN[C@H]1CCN(c2c(F)cn3c(=O)ccc(C4CC4)c3c2C)C1. The molecule has 0 radical (unpaired) electrons. The largest absolute Gasteiger partial charge is 0.367 e. The molecule has 4 nitrogen and oxygen atoms in total. The average molecular weight is 315 g/mol. The van der Waals surface area contributed by atoms with Gasteiger partial charge in [0.1, 0.15) is 0 Å². The molecule has 0 unspecified atom stereocenters. The number of hydrogen-bond acceptors (Lipinski definition) is 3. The molecular weight excluding hydrogens is 293 g/mol. The maximum absolute atomic E-state index is 14.8. The molecule has 1 aliphatic carbocycles. The van der Waals surface area contributed by atoms with Gasteiger partial charge in [0, 0.05) is 25.2 Å². The lowest BCUT2D eigenvalue weighted by atomic mass is 10.0. The van der Waals surface area contributed by atoms with E-state index in [4.69, 9.17) is 0 Å². The minimum Gasteiger partial charge on any atom is -0.367 e. The summed E-state index contributed by atoms with van der Waals surface area (Å²) in [5.41, 5.74) is 3.49. The molecule has 0 amide bonds.